The summed E-state index contributed by atoms with van der Waals surface area (Å²) in [7, 11) is 1.75. The van der Waals surface area contributed by atoms with Gasteiger partial charge in [0.2, 0.25) is 0 Å². The van der Waals surface area contributed by atoms with Gasteiger partial charge in [-0.05, 0) is 32.4 Å². The van der Waals surface area contributed by atoms with Crippen LogP contribution in [0.4, 0.5) is 0 Å². The number of rotatable bonds is 11. The highest BCUT2D eigenvalue weighted by Crippen LogP contribution is 2.16. The van der Waals surface area contributed by atoms with Crippen molar-refractivity contribution in [2.45, 2.75) is 52.7 Å². The van der Waals surface area contributed by atoms with Crippen LogP contribution in [0.15, 0.2) is 16.7 Å². The second kappa shape index (κ2) is 9.97. The molecule has 1 unspecified atom stereocenters. The third-order valence-electron chi connectivity index (χ3n) is 3.72. The Bertz CT molecular complexity index is 352. The summed E-state index contributed by atoms with van der Waals surface area (Å²) in [5.41, 5.74) is 1.27. The molecule has 1 aromatic rings. The van der Waals surface area contributed by atoms with Gasteiger partial charge in [-0.3, -0.25) is 4.90 Å². The van der Waals surface area contributed by atoms with Crippen LogP contribution in [0.2, 0.25) is 0 Å². The van der Waals surface area contributed by atoms with Gasteiger partial charge in [-0.15, -0.1) is 0 Å². The molecule has 4 nitrogen and oxygen atoms in total. The summed E-state index contributed by atoms with van der Waals surface area (Å²) in [6, 6.07) is 2.61. The highest BCUT2D eigenvalue weighted by Gasteiger charge is 2.16. The number of hydrogen-bond donors (Lipinski definition) is 1. The van der Waals surface area contributed by atoms with Crippen molar-refractivity contribution in [2.24, 2.45) is 0 Å². The summed E-state index contributed by atoms with van der Waals surface area (Å²) in [6.45, 7) is 11.1. The number of methoxy groups -OCH3 is 1. The molecule has 20 heavy (non-hydrogen) atoms. The van der Waals surface area contributed by atoms with Gasteiger partial charge >= 0.3 is 0 Å². The van der Waals surface area contributed by atoms with Crippen molar-refractivity contribution in [3.63, 3.8) is 0 Å². The van der Waals surface area contributed by atoms with Crippen molar-refractivity contribution >= 4 is 0 Å². The maximum Gasteiger partial charge on any atom is 0.122 e. The molecule has 1 N–H and O–H groups in total. The minimum Gasteiger partial charge on any atom is -0.468 e. The van der Waals surface area contributed by atoms with E-state index in [0.29, 0.717) is 6.04 Å². The number of nitrogens with one attached hydrogen (secondary N) is 1. The average Bonchev–Trinajstić information content (AvgIpc) is 2.90. The predicted octanol–water partition coefficient (Wildman–Crippen LogP) is 3.03. The third-order valence-corrected chi connectivity index (χ3v) is 3.72. The first kappa shape index (κ1) is 17.2. The fourth-order valence-corrected chi connectivity index (χ4v) is 2.17. The zero-order valence-corrected chi connectivity index (χ0v) is 13.4. The van der Waals surface area contributed by atoms with Gasteiger partial charge in [0.1, 0.15) is 5.76 Å². The number of furan rings is 1. The highest BCUT2D eigenvalue weighted by molar-refractivity contribution is 5.16. The van der Waals surface area contributed by atoms with Gasteiger partial charge in [-0.1, -0.05) is 13.8 Å². The first-order valence-electron chi connectivity index (χ1n) is 7.71. The van der Waals surface area contributed by atoms with E-state index in [9.17, 15) is 0 Å². The van der Waals surface area contributed by atoms with Crippen LogP contribution in [0.5, 0.6) is 0 Å². The maximum atomic E-state index is 5.68. The molecule has 1 aromatic heterocycles. The van der Waals surface area contributed by atoms with Crippen LogP contribution in [-0.4, -0.2) is 37.7 Å². The Morgan fingerprint density at radius 1 is 1.40 bits per heavy atom. The lowest BCUT2D eigenvalue weighted by Crippen LogP contribution is -2.35. The van der Waals surface area contributed by atoms with Crippen molar-refractivity contribution in [3.8, 4) is 0 Å². The number of ether oxygens (including phenoxy) is 1. The normalized spacial score (nSPS) is 13.1. The van der Waals surface area contributed by atoms with E-state index in [2.05, 4.69) is 37.1 Å². The Balaban J connectivity index is 2.60. The van der Waals surface area contributed by atoms with Gasteiger partial charge in [0.05, 0.1) is 19.4 Å². The van der Waals surface area contributed by atoms with Gasteiger partial charge in [0.15, 0.2) is 0 Å². The van der Waals surface area contributed by atoms with Gasteiger partial charge < -0.3 is 14.5 Å². The summed E-state index contributed by atoms with van der Waals surface area (Å²) in [5.74, 6) is 1.07. The quantitative estimate of drug-likeness (QED) is 0.633. The van der Waals surface area contributed by atoms with E-state index in [1.165, 1.54) is 5.56 Å². The molecule has 0 bridgehead atoms. The number of hydrogen-bond acceptors (Lipinski definition) is 4. The lowest BCUT2D eigenvalue weighted by atomic mass is 10.2. The Morgan fingerprint density at radius 3 is 2.85 bits per heavy atom. The van der Waals surface area contributed by atoms with Gasteiger partial charge in [-0.25, -0.2) is 0 Å². The molecule has 0 aliphatic heterocycles. The molecule has 0 saturated heterocycles. The van der Waals surface area contributed by atoms with E-state index >= 15 is 0 Å². The molecule has 0 fully saturated rings. The van der Waals surface area contributed by atoms with Crippen LogP contribution >= 0.6 is 0 Å². The first-order chi connectivity index (χ1) is 9.72. The lowest BCUT2D eigenvalue weighted by Gasteiger charge is -2.27. The minimum absolute atomic E-state index is 0.534. The van der Waals surface area contributed by atoms with E-state index in [4.69, 9.17) is 9.15 Å². The van der Waals surface area contributed by atoms with Crippen molar-refractivity contribution in [2.75, 3.05) is 26.8 Å². The van der Waals surface area contributed by atoms with E-state index in [0.717, 1.165) is 51.4 Å². The average molecular weight is 282 g/mol. The molecule has 1 atom stereocenters. The number of nitrogens with zero attached hydrogens (tertiary/aromatic N) is 1. The fourth-order valence-electron chi connectivity index (χ4n) is 2.17. The Labute approximate surface area is 123 Å². The van der Waals surface area contributed by atoms with Crippen LogP contribution in [0.1, 0.15) is 44.9 Å². The standard InChI is InChI=1S/C16H30N2O2/c1-5-8-17-12-15-7-10-20-16(15)13-18(9-11-19-4)14(3)6-2/h7,10,14,17H,5-6,8-9,11-13H2,1-4H3. The third kappa shape index (κ3) is 5.65. The smallest absolute Gasteiger partial charge is 0.122 e. The zero-order chi connectivity index (χ0) is 14.8. The summed E-state index contributed by atoms with van der Waals surface area (Å²) >= 11 is 0. The predicted molar refractivity (Wildman–Crippen MR) is 82.7 cm³/mol. The zero-order valence-electron chi connectivity index (χ0n) is 13.4. The van der Waals surface area contributed by atoms with E-state index in [-0.39, 0.29) is 0 Å². The molecular formula is C16H30N2O2. The molecule has 0 radical (unpaired) electrons. The second-order valence-corrected chi connectivity index (χ2v) is 5.27. The lowest BCUT2D eigenvalue weighted by molar-refractivity contribution is 0.112. The monoisotopic (exact) mass is 282 g/mol. The Kier molecular flexibility index (Phi) is 8.58. The molecule has 0 amide bonds. The molecule has 116 valence electrons. The van der Waals surface area contributed by atoms with Crippen molar-refractivity contribution in [1.29, 1.82) is 0 Å². The van der Waals surface area contributed by atoms with Gasteiger partial charge in [0, 0.05) is 31.8 Å². The van der Waals surface area contributed by atoms with E-state index in [1.54, 1.807) is 13.4 Å². The molecule has 4 heteroatoms. The molecule has 0 saturated carbocycles. The van der Waals surface area contributed by atoms with E-state index in [1.807, 2.05) is 0 Å². The Morgan fingerprint density at radius 2 is 2.20 bits per heavy atom. The molecule has 0 spiro atoms. The molecular weight excluding hydrogens is 252 g/mol. The highest BCUT2D eigenvalue weighted by atomic mass is 16.5. The molecule has 0 aliphatic rings. The van der Waals surface area contributed by atoms with E-state index < -0.39 is 0 Å². The fraction of sp³-hybridized carbons (Fsp3) is 0.750. The SMILES string of the molecule is CCCNCc1ccoc1CN(CCOC)C(C)CC. The van der Waals surface area contributed by atoms with Crippen molar-refractivity contribution < 1.29 is 9.15 Å². The van der Waals surface area contributed by atoms with Crippen molar-refractivity contribution in [3.05, 3.63) is 23.7 Å². The minimum atomic E-state index is 0.534. The van der Waals surface area contributed by atoms with Crippen LogP contribution in [0.25, 0.3) is 0 Å². The van der Waals surface area contributed by atoms with Gasteiger partial charge in [-0.2, -0.15) is 0 Å². The van der Waals surface area contributed by atoms with Crippen LogP contribution in [0, 0.1) is 0 Å². The summed E-state index contributed by atoms with van der Waals surface area (Å²) < 4.78 is 10.9. The largest absolute Gasteiger partial charge is 0.468 e. The van der Waals surface area contributed by atoms with Crippen molar-refractivity contribution in [1.82, 2.24) is 10.2 Å². The maximum absolute atomic E-state index is 5.68. The molecule has 1 rings (SSSR count). The Hall–Kier alpha value is -0.840. The summed E-state index contributed by atoms with van der Waals surface area (Å²) in [4.78, 5) is 2.42. The summed E-state index contributed by atoms with van der Waals surface area (Å²) in [5, 5.41) is 3.43. The topological polar surface area (TPSA) is 37.6 Å². The van der Waals surface area contributed by atoms with Crippen LogP contribution < -0.4 is 5.32 Å². The molecule has 0 aromatic carbocycles. The van der Waals surface area contributed by atoms with Gasteiger partial charge in [0.25, 0.3) is 0 Å². The second-order valence-electron chi connectivity index (χ2n) is 5.27. The summed E-state index contributed by atoms with van der Waals surface area (Å²) in [6.07, 6.45) is 4.08. The first-order valence-corrected chi connectivity index (χ1v) is 7.71. The van der Waals surface area contributed by atoms with Crippen LogP contribution in [-0.2, 0) is 17.8 Å². The molecule has 0 aliphatic carbocycles. The van der Waals surface area contributed by atoms with Crippen LogP contribution in [0.3, 0.4) is 0 Å². The molecule has 1 heterocycles.